The fourth-order valence-electron chi connectivity index (χ4n) is 4.30. The minimum atomic E-state index is -4.84. The molecule has 0 saturated carbocycles. The SMILES string of the molecule is CN1C(=O)C(NC(=O)C(C)(C)NC(=O)c2ccccn2)CN(Cc2ccc(OC(F)(F)F)cc2)c2ccc(F)cc21. The highest BCUT2D eigenvalue weighted by Crippen LogP contribution is 2.34. The molecule has 0 saturated heterocycles. The van der Waals surface area contributed by atoms with Crippen LogP contribution in [-0.2, 0) is 16.1 Å². The zero-order chi connectivity index (χ0) is 29.9. The lowest BCUT2D eigenvalue weighted by Crippen LogP contribution is -2.60. The first-order valence-corrected chi connectivity index (χ1v) is 12.4. The largest absolute Gasteiger partial charge is 0.573 e. The molecule has 0 fully saturated rings. The number of fused-ring (bicyclic) bond motifs is 1. The lowest BCUT2D eigenvalue weighted by atomic mass is 10.0. The van der Waals surface area contributed by atoms with Crippen LogP contribution in [0, 0.1) is 5.82 Å². The topological polar surface area (TPSA) is 104 Å². The fourth-order valence-corrected chi connectivity index (χ4v) is 4.30. The van der Waals surface area contributed by atoms with E-state index in [2.05, 4.69) is 20.4 Å². The summed E-state index contributed by atoms with van der Waals surface area (Å²) in [5, 5.41) is 5.30. The third kappa shape index (κ3) is 7.10. The van der Waals surface area contributed by atoms with Crippen molar-refractivity contribution in [3.8, 4) is 5.75 Å². The summed E-state index contributed by atoms with van der Waals surface area (Å²) in [5.74, 6) is -2.75. The molecule has 1 aliphatic rings. The Morgan fingerprint density at radius 1 is 1.05 bits per heavy atom. The Hall–Kier alpha value is -4.68. The molecule has 2 aromatic carbocycles. The van der Waals surface area contributed by atoms with Crippen molar-refractivity contribution < 1.29 is 36.7 Å². The van der Waals surface area contributed by atoms with Crippen molar-refractivity contribution in [2.24, 2.45) is 0 Å². The third-order valence-corrected chi connectivity index (χ3v) is 6.40. The summed E-state index contributed by atoms with van der Waals surface area (Å²) in [6, 6.07) is 12.7. The lowest BCUT2D eigenvalue weighted by Gasteiger charge is -2.30. The van der Waals surface area contributed by atoms with Gasteiger partial charge < -0.3 is 25.2 Å². The summed E-state index contributed by atoms with van der Waals surface area (Å²) >= 11 is 0. The number of ether oxygens (including phenoxy) is 1. The van der Waals surface area contributed by atoms with Crippen molar-refractivity contribution in [2.45, 2.75) is 38.3 Å². The van der Waals surface area contributed by atoms with Gasteiger partial charge in [-0.3, -0.25) is 19.4 Å². The van der Waals surface area contributed by atoms with E-state index in [9.17, 15) is 31.9 Å². The van der Waals surface area contributed by atoms with Crippen molar-refractivity contribution >= 4 is 29.1 Å². The van der Waals surface area contributed by atoms with E-state index in [0.717, 1.165) is 12.1 Å². The van der Waals surface area contributed by atoms with E-state index in [0.29, 0.717) is 11.3 Å². The summed E-state index contributed by atoms with van der Waals surface area (Å²) in [4.78, 5) is 46.3. The molecule has 0 aliphatic carbocycles. The molecule has 1 unspecified atom stereocenters. The van der Waals surface area contributed by atoms with Gasteiger partial charge in [0.2, 0.25) is 5.91 Å². The quantitative estimate of drug-likeness (QED) is 0.417. The second-order valence-corrected chi connectivity index (χ2v) is 9.92. The number of hydrogen-bond acceptors (Lipinski definition) is 6. The molecule has 9 nitrogen and oxygen atoms in total. The number of rotatable bonds is 7. The predicted octanol–water partition coefficient (Wildman–Crippen LogP) is 3.80. The number of likely N-dealkylation sites (N-methyl/N-ethyl adjacent to an activating group) is 1. The van der Waals surface area contributed by atoms with Gasteiger partial charge >= 0.3 is 6.36 Å². The van der Waals surface area contributed by atoms with Crippen LogP contribution in [0.1, 0.15) is 29.9 Å². The van der Waals surface area contributed by atoms with Crippen molar-refractivity contribution in [3.63, 3.8) is 0 Å². The number of aromatic nitrogens is 1. The maximum atomic E-state index is 14.2. The number of amides is 3. The minimum absolute atomic E-state index is 0.0569. The first-order valence-electron chi connectivity index (χ1n) is 12.4. The van der Waals surface area contributed by atoms with Gasteiger partial charge in [0.05, 0.1) is 11.4 Å². The Morgan fingerprint density at radius 2 is 1.76 bits per heavy atom. The summed E-state index contributed by atoms with van der Waals surface area (Å²) in [6.45, 7) is 3.00. The van der Waals surface area contributed by atoms with Crippen LogP contribution in [0.3, 0.4) is 0 Å². The summed E-state index contributed by atoms with van der Waals surface area (Å²) in [5.41, 5.74) is -0.0599. The minimum Gasteiger partial charge on any atom is -0.406 e. The molecule has 2 heterocycles. The molecule has 4 rings (SSSR count). The number of carbonyl (C=O) groups is 3. The van der Waals surface area contributed by atoms with Crippen molar-refractivity contribution in [1.82, 2.24) is 15.6 Å². The first-order chi connectivity index (χ1) is 19.2. The van der Waals surface area contributed by atoms with Crippen LogP contribution in [0.25, 0.3) is 0 Å². The van der Waals surface area contributed by atoms with E-state index < -0.39 is 47.2 Å². The Balaban J connectivity index is 1.57. The van der Waals surface area contributed by atoms with E-state index in [1.54, 1.807) is 17.0 Å². The molecule has 0 spiro atoms. The van der Waals surface area contributed by atoms with Gasteiger partial charge in [-0.05, 0) is 61.9 Å². The Labute approximate surface area is 233 Å². The zero-order valence-corrected chi connectivity index (χ0v) is 22.3. The highest BCUT2D eigenvalue weighted by atomic mass is 19.4. The zero-order valence-electron chi connectivity index (χ0n) is 22.3. The molecule has 0 radical (unpaired) electrons. The van der Waals surface area contributed by atoms with Gasteiger partial charge in [0.1, 0.15) is 28.8 Å². The predicted molar refractivity (Wildman–Crippen MR) is 142 cm³/mol. The van der Waals surface area contributed by atoms with Crippen molar-refractivity contribution in [3.05, 3.63) is 83.9 Å². The van der Waals surface area contributed by atoms with Gasteiger partial charge in [-0.15, -0.1) is 13.2 Å². The molecule has 13 heteroatoms. The van der Waals surface area contributed by atoms with Crippen molar-refractivity contribution in [1.29, 1.82) is 0 Å². The number of carbonyl (C=O) groups excluding carboxylic acids is 3. The van der Waals surface area contributed by atoms with E-state index in [1.807, 2.05) is 0 Å². The van der Waals surface area contributed by atoms with Gasteiger partial charge in [0, 0.05) is 26.3 Å². The summed E-state index contributed by atoms with van der Waals surface area (Å²) < 4.78 is 55.8. The second-order valence-electron chi connectivity index (χ2n) is 9.92. The molecule has 3 amide bonds. The molecule has 41 heavy (non-hydrogen) atoms. The molecule has 3 aromatic rings. The van der Waals surface area contributed by atoms with Crippen LogP contribution in [0.2, 0.25) is 0 Å². The van der Waals surface area contributed by atoms with E-state index in [-0.39, 0.29) is 24.5 Å². The van der Waals surface area contributed by atoms with Crippen LogP contribution in [0.15, 0.2) is 66.9 Å². The molecule has 216 valence electrons. The average molecular weight is 574 g/mol. The lowest BCUT2D eigenvalue weighted by molar-refractivity contribution is -0.274. The Kier molecular flexibility index (Phi) is 8.17. The molecule has 1 atom stereocenters. The standard InChI is InChI=1S/C28H27F4N5O4/c1-27(2,35-24(38)20-6-4-5-13-33-20)26(40)34-21-16-37(15-17-7-10-19(11-8-17)41-28(30,31)32)22-12-9-18(29)14-23(22)36(3)25(21)39/h4-14,21H,15-16H2,1-3H3,(H,34,40)(H,35,38). The van der Waals surface area contributed by atoms with Crippen LogP contribution >= 0.6 is 0 Å². The average Bonchev–Trinajstić information content (AvgIpc) is 3.00. The smallest absolute Gasteiger partial charge is 0.406 e. The Bertz CT molecular complexity index is 1430. The van der Waals surface area contributed by atoms with E-state index >= 15 is 0 Å². The summed E-state index contributed by atoms with van der Waals surface area (Å²) in [7, 11) is 1.44. The van der Waals surface area contributed by atoms with Gasteiger partial charge in [0.15, 0.2) is 0 Å². The van der Waals surface area contributed by atoms with E-state index in [1.165, 1.54) is 68.4 Å². The highest BCUT2D eigenvalue weighted by Gasteiger charge is 2.38. The van der Waals surface area contributed by atoms with Crippen LogP contribution < -0.4 is 25.2 Å². The number of anilines is 2. The number of halogens is 4. The van der Waals surface area contributed by atoms with Gasteiger partial charge in [-0.2, -0.15) is 0 Å². The maximum absolute atomic E-state index is 14.2. The maximum Gasteiger partial charge on any atom is 0.573 e. The molecule has 1 aliphatic heterocycles. The number of benzene rings is 2. The number of hydrogen-bond donors (Lipinski definition) is 2. The number of nitrogens with zero attached hydrogens (tertiary/aromatic N) is 3. The van der Waals surface area contributed by atoms with Crippen LogP contribution in [0.5, 0.6) is 5.75 Å². The van der Waals surface area contributed by atoms with Gasteiger partial charge in [-0.1, -0.05) is 18.2 Å². The van der Waals surface area contributed by atoms with Crippen molar-refractivity contribution in [2.75, 3.05) is 23.4 Å². The normalized spacial score (nSPS) is 15.6. The number of alkyl halides is 3. The van der Waals surface area contributed by atoms with Gasteiger partial charge in [0.25, 0.3) is 11.8 Å². The fraction of sp³-hybridized carbons (Fsp3) is 0.286. The number of nitrogens with one attached hydrogen (secondary N) is 2. The number of pyridine rings is 1. The van der Waals surface area contributed by atoms with Gasteiger partial charge in [-0.25, -0.2) is 4.39 Å². The first kappa shape index (κ1) is 29.3. The molecule has 0 bridgehead atoms. The summed E-state index contributed by atoms with van der Waals surface area (Å²) in [6.07, 6.45) is -3.40. The van der Waals surface area contributed by atoms with Crippen LogP contribution in [-0.4, -0.2) is 54.2 Å². The molecule has 1 aromatic heterocycles. The highest BCUT2D eigenvalue weighted by molar-refractivity contribution is 6.04. The third-order valence-electron chi connectivity index (χ3n) is 6.40. The second kappa shape index (κ2) is 11.4. The molecular formula is C28H27F4N5O4. The Morgan fingerprint density at radius 3 is 2.39 bits per heavy atom. The molecule has 2 N–H and O–H groups in total. The monoisotopic (exact) mass is 573 g/mol. The van der Waals surface area contributed by atoms with E-state index in [4.69, 9.17) is 0 Å². The molecular weight excluding hydrogens is 546 g/mol. The van der Waals surface area contributed by atoms with Crippen LogP contribution in [0.4, 0.5) is 28.9 Å².